The lowest BCUT2D eigenvalue weighted by Crippen LogP contribution is -2.13. The topological polar surface area (TPSA) is 59.1 Å². The van der Waals surface area contributed by atoms with E-state index in [1.807, 2.05) is 12.1 Å². The lowest BCUT2D eigenvalue weighted by molar-refractivity contribution is 0.297. The molecule has 0 aliphatic carbocycles. The third kappa shape index (κ3) is 4.77. The summed E-state index contributed by atoms with van der Waals surface area (Å²) in [6.45, 7) is 5.05. The third-order valence-corrected chi connectivity index (χ3v) is 2.91. The molecule has 0 fully saturated rings. The maximum absolute atomic E-state index is 7.48. The molecule has 0 unspecified atom stereocenters. The van der Waals surface area contributed by atoms with Gasteiger partial charge in [-0.25, -0.2) is 0 Å². The van der Waals surface area contributed by atoms with Crippen molar-refractivity contribution in [1.82, 2.24) is 0 Å². The molecule has 0 spiro atoms. The Labute approximate surface area is 111 Å². The molecule has 17 heavy (non-hydrogen) atoms. The van der Waals surface area contributed by atoms with Gasteiger partial charge in [0.1, 0.15) is 11.6 Å². The first-order chi connectivity index (χ1) is 8.00. The molecule has 0 aliphatic heterocycles. The van der Waals surface area contributed by atoms with Gasteiger partial charge in [0.2, 0.25) is 0 Å². The number of nitrogens with two attached hydrogens (primary N) is 1. The summed E-state index contributed by atoms with van der Waals surface area (Å²) in [5.74, 6) is 1.40. The van der Waals surface area contributed by atoms with Gasteiger partial charge in [0.25, 0.3) is 0 Å². The van der Waals surface area contributed by atoms with Crippen LogP contribution in [-0.4, -0.2) is 12.4 Å². The first kappa shape index (κ1) is 14.0. The molecular formula is C13H19BrN2O. The molecular weight excluding hydrogens is 280 g/mol. The van der Waals surface area contributed by atoms with Crippen LogP contribution in [0.25, 0.3) is 0 Å². The summed E-state index contributed by atoms with van der Waals surface area (Å²) in [6.07, 6.45) is 2.16. The highest BCUT2D eigenvalue weighted by molar-refractivity contribution is 9.10. The number of ether oxygens (including phenoxy) is 1. The van der Waals surface area contributed by atoms with Crippen LogP contribution in [0.3, 0.4) is 0 Å². The van der Waals surface area contributed by atoms with Gasteiger partial charge in [0.15, 0.2) is 0 Å². The Balaban J connectivity index is 2.62. The molecule has 0 aromatic heterocycles. The smallest absolute Gasteiger partial charge is 0.131 e. The molecule has 0 amide bonds. The quantitative estimate of drug-likeness (QED) is 0.479. The van der Waals surface area contributed by atoms with E-state index in [2.05, 4.69) is 29.8 Å². The zero-order valence-corrected chi connectivity index (χ0v) is 11.9. The van der Waals surface area contributed by atoms with Crippen LogP contribution in [0.1, 0.15) is 32.3 Å². The van der Waals surface area contributed by atoms with E-state index >= 15 is 0 Å². The summed E-state index contributed by atoms with van der Waals surface area (Å²) >= 11 is 3.39. The standard InChI is InChI=1S/C13H19BrN2O/c1-9(2)4-3-7-17-12-8-10(14)5-6-11(12)13(15)16/h5-6,8-9H,3-4,7H2,1-2H3,(H3,15,16). The van der Waals surface area contributed by atoms with Crippen molar-refractivity contribution in [3.8, 4) is 5.75 Å². The molecule has 94 valence electrons. The molecule has 3 nitrogen and oxygen atoms in total. The van der Waals surface area contributed by atoms with Gasteiger partial charge >= 0.3 is 0 Å². The van der Waals surface area contributed by atoms with Crippen molar-refractivity contribution in [3.05, 3.63) is 28.2 Å². The highest BCUT2D eigenvalue weighted by Crippen LogP contribution is 2.23. The number of nitrogens with one attached hydrogen (secondary N) is 1. The minimum Gasteiger partial charge on any atom is -0.493 e. The minimum absolute atomic E-state index is 0.0383. The van der Waals surface area contributed by atoms with Gasteiger partial charge in [0.05, 0.1) is 12.2 Å². The lowest BCUT2D eigenvalue weighted by Gasteiger charge is -2.11. The van der Waals surface area contributed by atoms with Crippen LogP contribution in [0.4, 0.5) is 0 Å². The molecule has 0 heterocycles. The first-order valence-corrected chi connectivity index (χ1v) is 6.56. The molecule has 0 atom stereocenters. The van der Waals surface area contributed by atoms with Crippen molar-refractivity contribution in [3.63, 3.8) is 0 Å². The Morgan fingerprint density at radius 1 is 1.47 bits per heavy atom. The van der Waals surface area contributed by atoms with Crippen molar-refractivity contribution < 1.29 is 4.74 Å². The number of nitrogen functional groups attached to an aromatic ring is 1. The summed E-state index contributed by atoms with van der Waals surface area (Å²) in [5.41, 5.74) is 6.16. The number of halogens is 1. The molecule has 3 N–H and O–H groups in total. The fourth-order valence-corrected chi connectivity index (χ4v) is 1.85. The second-order valence-electron chi connectivity index (χ2n) is 4.44. The summed E-state index contributed by atoms with van der Waals surface area (Å²) < 4.78 is 6.61. The normalized spacial score (nSPS) is 10.6. The van der Waals surface area contributed by atoms with Gasteiger partial charge in [-0.1, -0.05) is 29.8 Å². The van der Waals surface area contributed by atoms with E-state index in [9.17, 15) is 0 Å². The second-order valence-corrected chi connectivity index (χ2v) is 5.35. The van der Waals surface area contributed by atoms with Crippen LogP contribution in [0, 0.1) is 11.3 Å². The predicted molar refractivity (Wildman–Crippen MR) is 74.7 cm³/mol. The van der Waals surface area contributed by atoms with Crippen LogP contribution < -0.4 is 10.5 Å². The van der Waals surface area contributed by atoms with Gasteiger partial charge in [-0.15, -0.1) is 0 Å². The van der Waals surface area contributed by atoms with Crippen LogP contribution in [0.5, 0.6) is 5.75 Å². The van der Waals surface area contributed by atoms with Crippen LogP contribution in [-0.2, 0) is 0 Å². The predicted octanol–water partition coefficient (Wildman–Crippen LogP) is 3.55. The average molecular weight is 299 g/mol. The van der Waals surface area contributed by atoms with Crippen molar-refractivity contribution in [1.29, 1.82) is 5.41 Å². The largest absolute Gasteiger partial charge is 0.493 e. The Kier molecular flexibility index (Phi) is 5.48. The second kappa shape index (κ2) is 6.64. The molecule has 1 aromatic carbocycles. The SMILES string of the molecule is CC(C)CCCOc1cc(Br)ccc1C(=N)N. The highest BCUT2D eigenvalue weighted by Gasteiger charge is 2.07. The number of benzene rings is 1. The number of amidine groups is 1. The van der Waals surface area contributed by atoms with Gasteiger partial charge in [-0.2, -0.15) is 0 Å². The Morgan fingerprint density at radius 2 is 2.18 bits per heavy atom. The number of hydrogen-bond donors (Lipinski definition) is 2. The molecule has 0 aliphatic rings. The van der Waals surface area contributed by atoms with Gasteiger partial charge in [-0.3, -0.25) is 5.41 Å². The van der Waals surface area contributed by atoms with Crippen molar-refractivity contribution in [2.24, 2.45) is 11.7 Å². The summed E-state index contributed by atoms with van der Waals surface area (Å²) in [7, 11) is 0. The number of rotatable bonds is 6. The maximum Gasteiger partial charge on any atom is 0.131 e. The Bertz CT molecular complexity index is 391. The van der Waals surface area contributed by atoms with E-state index in [1.165, 1.54) is 0 Å². The van der Waals surface area contributed by atoms with E-state index in [0.717, 1.165) is 17.3 Å². The molecule has 1 aromatic rings. The Hall–Kier alpha value is -1.03. The molecule has 4 heteroatoms. The van der Waals surface area contributed by atoms with E-state index in [0.29, 0.717) is 23.8 Å². The fourth-order valence-electron chi connectivity index (χ4n) is 1.51. The molecule has 1 rings (SSSR count). The van der Waals surface area contributed by atoms with Gasteiger partial charge in [0, 0.05) is 4.47 Å². The highest BCUT2D eigenvalue weighted by atomic mass is 79.9. The van der Waals surface area contributed by atoms with Gasteiger partial charge in [-0.05, 0) is 37.0 Å². The first-order valence-electron chi connectivity index (χ1n) is 5.77. The monoisotopic (exact) mass is 298 g/mol. The summed E-state index contributed by atoms with van der Waals surface area (Å²) in [4.78, 5) is 0. The number of hydrogen-bond acceptors (Lipinski definition) is 2. The Morgan fingerprint density at radius 3 is 2.76 bits per heavy atom. The lowest BCUT2D eigenvalue weighted by atomic mass is 10.1. The van der Waals surface area contributed by atoms with Gasteiger partial charge < -0.3 is 10.5 Å². The molecule has 0 bridgehead atoms. The average Bonchev–Trinajstić information content (AvgIpc) is 2.23. The van der Waals surface area contributed by atoms with E-state index in [4.69, 9.17) is 15.9 Å². The fraction of sp³-hybridized carbons (Fsp3) is 0.462. The summed E-state index contributed by atoms with van der Waals surface area (Å²) in [5, 5.41) is 7.48. The zero-order valence-electron chi connectivity index (χ0n) is 10.3. The minimum atomic E-state index is 0.0383. The summed E-state index contributed by atoms with van der Waals surface area (Å²) in [6, 6.07) is 5.51. The third-order valence-electron chi connectivity index (χ3n) is 2.42. The van der Waals surface area contributed by atoms with E-state index in [1.54, 1.807) is 6.07 Å². The van der Waals surface area contributed by atoms with Crippen LogP contribution in [0.2, 0.25) is 0 Å². The zero-order chi connectivity index (χ0) is 12.8. The van der Waals surface area contributed by atoms with E-state index < -0.39 is 0 Å². The van der Waals surface area contributed by atoms with Crippen LogP contribution in [0.15, 0.2) is 22.7 Å². The van der Waals surface area contributed by atoms with Crippen molar-refractivity contribution in [2.45, 2.75) is 26.7 Å². The molecule has 0 saturated carbocycles. The van der Waals surface area contributed by atoms with Crippen molar-refractivity contribution in [2.75, 3.05) is 6.61 Å². The van der Waals surface area contributed by atoms with E-state index in [-0.39, 0.29) is 5.84 Å². The van der Waals surface area contributed by atoms with Crippen molar-refractivity contribution >= 4 is 21.8 Å². The molecule has 0 saturated heterocycles. The maximum atomic E-state index is 7.48. The van der Waals surface area contributed by atoms with Crippen LogP contribution >= 0.6 is 15.9 Å². The molecule has 0 radical (unpaired) electrons.